The number of carbonyl (C=O) groups is 1. The quantitative estimate of drug-likeness (QED) is 0.815. The van der Waals surface area contributed by atoms with Crippen molar-refractivity contribution in [2.45, 2.75) is 6.42 Å². The van der Waals surface area contributed by atoms with Crippen molar-refractivity contribution in [3.8, 4) is 0 Å². The van der Waals surface area contributed by atoms with Crippen molar-refractivity contribution in [2.75, 3.05) is 24.5 Å². The summed E-state index contributed by atoms with van der Waals surface area (Å²) in [4.78, 5) is 13.4. The molecule has 0 aromatic heterocycles. The molecule has 1 aliphatic rings. The van der Waals surface area contributed by atoms with Gasteiger partial charge >= 0.3 is 0 Å². The van der Waals surface area contributed by atoms with Crippen molar-refractivity contribution >= 4 is 23.2 Å². The number of amides is 1. The van der Waals surface area contributed by atoms with Crippen LogP contribution in [0.5, 0.6) is 0 Å². The van der Waals surface area contributed by atoms with Crippen LogP contribution in [-0.2, 0) is 4.79 Å². The van der Waals surface area contributed by atoms with Gasteiger partial charge in [0.05, 0.1) is 5.02 Å². The fourth-order valence-electron chi connectivity index (χ4n) is 1.70. The molecule has 1 aliphatic heterocycles. The summed E-state index contributed by atoms with van der Waals surface area (Å²) in [5, 5.41) is 3.18. The number of hydrogen-bond acceptors (Lipinski definition) is 2. The summed E-state index contributed by atoms with van der Waals surface area (Å²) < 4.78 is 13.0. The average molecular weight is 243 g/mol. The molecule has 1 amide bonds. The lowest BCUT2D eigenvalue weighted by Gasteiger charge is -2.20. The van der Waals surface area contributed by atoms with Crippen LogP contribution in [0.25, 0.3) is 0 Å². The van der Waals surface area contributed by atoms with Crippen molar-refractivity contribution in [1.82, 2.24) is 5.32 Å². The summed E-state index contributed by atoms with van der Waals surface area (Å²) in [6.45, 7) is 2.01. The maximum absolute atomic E-state index is 13.0. The number of halogens is 2. The van der Waals surface area contributed by atoms with Crippen LogP contribution in [0.4, 0.5) is 10.1 Å². The second-order valence-electron chi connectivity index (χ2n) is 3.64. The normalized spacial score (nSPS) is 17.4. The highest BCUT2D eigenvalue weighted by Crippen LogP contribution is 2.23. The Morgan fingerprint density at radius 2 is 2.19 bits per heavy atom. The Kier molecular flexibility index (Phi) is 3.41. The molecular formula is C11H12ClFN2O. The van der Waals surface area contributed by atoms with Crippen LogP contribution in [0, 0.1) is 5.82 Å². The molecule has 1 aromatic carbocycles. The standard InChI is InChI=1S/C11H12ClFN2O/c12-9-7-8(1-2-10(9)13)15-6-5-14-4-3-11(15)16/h1-2,7,14H,3-6H2. The van der Waals surface area contributed by atoms with Crippen molar-refractivity contribution < 1.29 is 9.18 Å². The maximum atomic E-state index is 13.0. The Morgan fingerprint density at radius 1 is 1.38 bits per heavy atom. The van der Waals surface area contributed by atoms with Crippen LogP contribution in [0.3, 0.4) is 0 Å². The van der Waals surface area contributed by atoms with Gasteiger partial charge in [0.1, 0.15) is 5.82 Å². The highest BCUT2D eigenvalue weighted by Gasteiger charge is 2.18. The molecule has 0 radical (unpaired) electrons. The summed E-state index contributed by atoms with van der Waals surface area (Å²) >= 11 is 5.69. The van der Waals surface area contributed by atoms with Crippen molar-refractivity contribution in [1.29, 1.82) is 0 Å². The summed E-state index contributed by atoms with van der Waals surface area (Å²) in [7, 11) is 0. The third kappa shape index (κ3) is 2.33. The first-order valence-corrected chi connectivity index (χ1v) is 5.52. The van der Waals surface area contributed by atoms with Crippen molar-refractivity contribution in [3.05, 3.63) is 29.0 Å². The van der Waals surface area contributed by atoms with Crippen LogP contribution in [0.2, 0.25) is 5.02 Å². The Morgan fingerprint density at radius 3 is 2.94 bits per heavy atom. The Labute approximate surface area is 98.2 Å². The predicted octanol–water partition coefficient (Wildman–Crippen LogP) is 1.81. The second kappa shape index (κ2) is 4.80. The van der Waals surface area contributed by atoms with E-state index in [0.717, 1.165) is 6.54 Å². The summed E-state index contributed by atoms with van der Waals surface area (Å²) in [5.74, 6) is -0.432. The third-order valence-electron chi connectivity index (χ3n) is 2.54. The molecule has 0 aliphatic carbocycles. The van der Waals surface area contributed by atoms with Crippen LogP contribution < -0.4 is 10.2 Å². The number of nitrogens with zero attached hydrogens (tertiary/aromatic N) is 1. The van der Waals surface area contributed by atoms with E-state index in [-0.39, 0.29) is 10.9 Å². The predicted molar refractivity (Wildman–Crippen MR) is 61.2 cm³/mol. The highest BCUT2D eigenvalue weighted by molar-refractivity contribution is 6.31. The van der Waals surface area contributed by atoms with Crippen LogP contribution in [-0.4, -0.2) is 25.5 Å². The first-order chi connectivity index (χ1) is 7.68. The van der Waals surface area contributed by atoms with Gasteiger partial charge in [0.2, 0.25) is 5.91 Å². The number of benzene rings is 1. The molecule has 5 heteroatoms. The zero-order valence-electron chi connectivity index (χ0n) is 8.67. The first kappa shape index (κ1) is 11.4. The van der Waals surface area contributed by atoms with E-state index in [1.54, 1.807) is 11.0 Å². The minimum atomic E-state index is -0.467. The van der Waals surface area contributed by atoms with E-state index in [0.29, 0.717) is 25.2 Å². The average Bonchev–Trinajstić information content (AvgIpc) is 2.47. The molecule has 0 bridgehead atoms. The molecule has 3 nitrogen and oxygen atoms in total. The highest BCUT2D eigenvalue weighted by atomic mass is 35.5. The maximum Gasteiger partial charge on any atom is 0.228 e. The molecule has 1 heterocycles. The molecule has 0 unspecified atom stereocenters. The molecule has 0 atom stereocenters. The van der Waals surface area contributed by atoms with E-state index < -0.39 is 5.82 Å². The lowest BCUT2D eigenvalue weighted by molar-refractivity contribution is -0.118. The second-order valence-corrected chi connectivity index (χ2v) is 4.05. The van der Waals surface area contributed by atoms with E-state index in [4.69, 9.17) is 11.6 Å². The third-order valence-corrected chi connectivity index (χ3v) is 2.83. The van der Waals surface area contributed by atoms with Gasteiger partial charge in [-0.25, -0.2) is 4.39 Å². The molecule has 16 heavy (non-hydrogen) atoms. The number of anilines is 1. The smallest absolute Gasteiger partial charge is 0.228 e. The summed E-state index contributed by atoms with van der Waals surface area (Å²) in [6.07, 6.45) is 0.453. The molecule has 2 rings (SSSR count). The molecule has 0 spiro atoms. The molecule has 1 saturated heterocycles. The van der Waals surface area contributed by atoms with Gasteiger partial charge in [-0.15, -0.1) is 0 Å². The van der Waals surface area contributed by atoms with Crippen molar-refractivity contribution in [3.63, 3.8) is 0 Å². The monoisotopic (exact) mass is 242 g/mol. The molecule has 1 N–H and O–H groups in total. The van der Waals surface area contributed by atoms with Gasteiger partial charge < -0.3 is 10.2 Å². The Balaban J connectivity index is 2.27. The van der Waals surface area contributed by atoms with Crippen molar-refractivity contribution in [2.24, 2.45) is 0 Å². The lowest BCUT2D eigenvalue weighted by atomic mass is 10.2. The van der Waals surface area contributed by atoms with E-state index in [1.807, 2.05) is 0 Å². The molecule has 1 aromatic rings. The minimum absolute atomic E-state index is 0.0349. The molecular weight excluding hydrogens is 231 g/mol. The first-order valence-electron chi connectivity index (χ1n) is 5.14. The van der Waals surface area contributed by atoms with E-state index >= 15 is 0 Å². The summed E-state index contributed by atoms with van der Waals surface area (Å²) in [5.41, 5.74) is 0.653. The van der Waals surface area contributed by atoms with Gasteiger partial charge in [-0.05, 0) is 18.2 Å². The van der Waals surface area contributed by atoms with Gasteiger partial charge in [-0.1, -0.05) is 11.6 Å². The van der Waals surface area contributed by atoms with Gasteiger partial charge in [0.15, 0.2) is 0 Å². The number of rotatable bonds is 1. The van der Waals surface area contributed by atoms with Gasteiger partial charge in [0.25, 0.3) is 0 Å². The Hall–Kier alpha value is -1.13. The summed E-state index contributed by atoms with van der Waals surface area (Å²) in [6, 6.07) is 4.34. The van der Waals surface area contributed by atoms with Crippen LogP contribution >= 0.6 is 11.6 Å². The van der Waals surface area contributed by atoms with Gasteiger partial charge in [-0.3, -0.25) is 4.79 Å². The van der Waals surface area contributed by atoms with E-state index in [2.05, 4.69) is 5.32 Å². The van der Waals surface area contributed by atoms with Crippen LogP contribution in [0.15, 0.2) is 18.2 Å². The number of carbonyl (C=O) groups excluding carboxylic acids is 1. The minimum Gasteiger partial charge on any atom is -0.314 e. The number of nitrogens with one attached hydrogen (secondary N) is 1. The van der Waals surface area contributed by atoms with Gasteiger partial charge in [-0.2, -0.15) is 0 Å². The lowest BCUT2D eigenvalue weighted by Crippen LogP contribution is -2.32. The SMILES string of the molecule is O=C1CCNCCN1c1ccc(F)c(Cl)c1. The molecule has 1 fully saturated rings. The van der Waals surface area contributed by atoms with Gasteiger partial charge in [0, 0.05) is 31.7 Å². The fraction of sp³-hybridized carbons (Fsp3) is 0.364. The van der Waals surface area contributed by atoms with Crippen LogP contribution in [0.1, 0.15) is 6.42 Å². The zero-order valence-corrected chi connectivity index (χ0v) is 9.43. The Bertz CT molecular complexity index is 411. The zero-order chi connectivity index (χ0) is 11.5. The number of hydrogen-bond donors (Lipinski definition) is 1. The molecule has 0 saturated carbocycles. The molecule has 86 valence electrons. The van der Waals surface area contributed by atoms with E-state index in [1.165, 1.54) is 12.1 Å². The largest absolute Gasteiger partial charge is 0.314 e. The topological polar surface area (TPSA) is 32.3 Å². The van der Waals surface area contributed by atoms with E-state index in [9.17, 15) is 9.18 Å². The fourth-order valence-corrected chi connectivity index (χ4v) is 1.87.